The van der Waals surface area contributed by atoms with E-state index in [4.69, 9.17) is 4.74 Å². The summed E-state index contributed by atoms with van der Waals surface area (Å²) in [5.41, 5.74) is 5.30. The minimum Gasteiger partial charge on any atom is -0.478 e. The van der Waals surface area contributed by atoms with Gasteiger partial charge < -0.3 is 15.3 Å². The van der Waals surface area contributed by atoms with E-state index in [1.54, 1.807) is 11.7 Å². The van der Waals surface area contributed by atoms with Gasteiger partial charge in [-0.25, -0.2) is 14.8 Å². The molecule has 2 aromatic heterocycles. The van der Waals surface area contributed by atoms with E-state index in [1.807, 2.05) is 11.9 Å². The van der Waals surface area contributed by atoms with Crippen LogP contribution >= 0.6 is 0 Å². The first-order valence-electron chi connectivity index (χ1n) is 6.73. The van der Waals surface area contributed by atoms with Crippen LogP contribution in [0.3, 0.4) is 0 Å². The maximum Gasteiger partial charge on any atom is 0.339 e. The number of carboxylic acids is 1. The van der Waals surface area contributed by atoms with E-state index in [2.05, 4.69) is 15.5 Å². The lowest BCUT2D eigenvalue weighted by atomic mass is 10.1. The number of aromatic carboxylic acids is 1. The van der Waals surface area contributed by atoms with Gasteiger partial charge in [0.2, 0.25) is 0 Å². The molecular weight excluding hydrogens is 274 g/mol. The molecule has 0 bridgehead atoms. The zero-order chi connectivity index (χ0) is 15.0. The van der Waals surface area contributed by atoms with Gasteiger partial charge in [0.25, 0.3) is 0 Å². The SMILES string of the molecule is Cc1nn(C)c2ncc(C(=O)O)c(NN3CCOCC3)c12. The van der Waals surface area contributed by atoms with Gasteiger partial charge in [-0.2, -0.15) is 5.10 Å². The summed E-state index contributed by atoms with van der Waals surface area (Å²) in [6.07, 6.45) is 1.37. The first kappa shape index (κ1) is 13.8. The molecule has 112 valence electrons. The molecule has 1 aliphatic rings. The van der Waals surface area contributed by atoms with Crippen molar-refractivity contribution in [1.29, 1.82) is 0 Å². The highest BCUT2D eigenvalue weighted by atomic mass is 16.5. The fraction of sp³-hybridized carbons (Fsp3) is 0.462. The molecule has 0 amide bonds. The third-order valence-electron chi connectivity index (χ3n) is 3.54. The van der Waals surface area contributed by atoms with Gasteiger partial charge in [0.1, 0.15) is 5.56 Å². The largest absolute Gasteiger partial charge is 0.478 e. The molecule has 3 heterocycles. The van der Waals surface area contributed by atoms with Crippen LogP contribution in [0.1, 0.15) is 16.1 Å². The molecule has 0 aliphatic carbocycles. The molecule has 8 heteroatoms. The van der Waals surface area contributed by atoms with Gasteiger partial charge in [0, 0.05) is 26.3 Å². The molecule has 3 rings (SSSR count). The average molecular weight is 291 g/mol. The number of nitrogens with one attached hydrogen (secondary N) is 1. The standard InChI is InChI=1S/C13H17N5O3/c1-8-10-11(16-18-3-5-21-6-4-18)9(13(19)20)7-14-12(10)17(2)15-8/h7H,3-6H2,1-2H3,(H,14,16)(H,19,20). The Balaban J connectivity index is 2.11. The second-order valence-electron chi connectivity index (χ2n) is 4.97. The molecule has 0 spiro atoms. The van der Waals surface area contributed by atoms with E-state index in [-0.39, 0.29) is 5.56 Å². The summed E-state index contributed by atoms with van der Waals surface area (Å²) < 4.78 is 6.96. The number of nitrogens with zero attached hydrogens (tertiary/aromatic N) is 4. The van der Waals surface area contributed by atoms with Crippen LogP contribution in [0.15, 0.2) is 6.20 Å². The van der Waals surface area contributed by atoms with Gasteiger partial charge in [0.15, 0.2) is 5.65 Å². The minimum atomic E-state index is -1.01. The molecule has 21 heavy (non-hydrogen) atoms. The predicted octanol–water partition coefficient (Wildman–Crippen LogP) is 0.634. The van der Waals surface area contributed by atoms with Crippen LogP contribution < -0.4 is 5.43 Å². The predicted molar refractivity (Wildman–Crippen MR) is 76.2 cm³/mol. The lowest BCUT2D eigenvalue weighted by molar-refractivity contribution is 0.0496. The van der Waals surface area contributed by atoms with Crippen molar-refractivity contribution in [1.82, 2.24) is 19.8 Å². The molecule has 0 aromatic carbocycles. The normalized spacial score (nSPS) is 16.3. The number of ether oxygens (including phenoxy) is 1. The van der Waals surface area contributed by atoms with Crippen LogP contribution in [0.2, 0.25) is 0 Å². The first-order chi connectivity index (χ1) is 10.1. The molecule has 2 N–H and O–H groups in total. The number of hydrogen-bond donors (Lipinski definition) is 2. The number of hydrazine groups is 1. The van der Waals surface area contributed by atoms with Crippen LogP contribution in [0.5, 0.6) is 0 Å². The van der Waals surface area contributed by atoms with Crippen LogP contribution in [0, 0.1) is 6.92 Å². The maximum absolute atomic E-state index is 11.5. The zero-order valence-electron chi connectivity index (χ0n) is 12.0. The summed E-state index contributed by atoms with van der Waals surface area (Å²) in [4.78, 5) is 15.7. The third kappa shape index (κ3) is 2.43. The fourth-order valence-electron chi connectivity index (χ4n) is 2.52. The minimum absolute atomic E-state index is 0.144. The third-order valence-corrected chi connectivity index (χ3v) is 3.54. The smallest absolute Gasteiger partial charge is 0.339 e. The Morgan fingerprint density at radius 1 is 1.43 bits per heavy atom. The van der Waals surface area contributed by atoms with Crippen molar-refractivity contribution < 1.29 is 14.6 Å². The topological polar surface area (TPSA) is 92.5 Å². The average Bonchev–Trinajstić information content (AvgIpc) is 2.75. The van der Waals surface area contributed by atoms with Gasteiger partial charge in [-0.05, 0) is 6.92 Å². The second kappa shape index (κ2) is 5.30. The highest BCUT2D eigenvalue weighted by Crippen LogP contribution is 2.29. The monoisotopic (exact) mass is 291 g/mol. The van der Waals surface area contributed by atoms with Crippen molar-refractivity contribution in [3.05, 3.63) is 17.5 Å². The molecule has 1 saturated heterocycles. The molecule has 0 atom stereocenters. The van der Waals surface area contributed by atoms with Crippen molar-refractivity contribution in [3.8, 4) is 0 Å². The molecule has 1 aliphatic heterocycles. The summed E-state index contributed by atoms with van der Waals surface area (Å²) in [5, 5.41) is 16.4. The lowest BCUT2D eigenvalue weighted by Crippen LogP contribution is -2.40. The van der Waals surface area contributed by atoms with Crippen molar-refractivity contribution >= 4 is 22.7 Å². The van der Waals surface area contributed by atoms with Crippen molar-refractivity contribution in [2.75, 3.05) is 31.7 Å². The van der Waals surface area contributed by atoms with Gasteiger partial charge in [-0.15, -0.1) is 0 Å². The molecule has 0 saturated carbocycles. The highest BCUT2D eigenvalue weighted by Gasteiger charge is 2.21. The molecule has 0 unspecified atom stereocenters. The summed E-state index contributed by atoms with van der Waals surface area (Å²) in [5.74, 6) is -1.01. The summed E-state index contributed by atoms with van der Waals surface area (Å²) >= 11 is 0. The summed E-state index contributed by atoms with van der Waals surface area (Å²) in [6.45, 7) is 4.48. The van der Waals surface area contributed by atoms with E-state index in [0.717, 1.165) is 11.1 Å². The Bertz CT molecular complexity index is 691. The van der Waals surface area contributed by atoms with Crippen LogP contribution in [-0.2, 0) is 11.8 Å². The Labute approximate surface area is 121 Å². The molecular formula is C13H17N5O3. The van der Waals surface area contributed by atoms with Crippen LogP contribution in [0.4, 0.5) is 5.69 Å². The lowest BCUT2D eigenvalue weighted by Gasteiger charge is -2.28. The second-order valence-corrected chi connectivity index (χ2v) is 4.97. The molecule has 1 fully saturated rings. The number of anilines is 1. The van der Waals surface area contributed by atoms with Crippen LogP contribution in [-0.4, -0.2) is 57.2 Å². The molecule has 2 aromatic rings. The van der Waals surface area contributed by atoms with E-state index in [0.29, 0.717) is 37.6 Å². The summed E-state index contributed by atoms with van der Waals surface area (Å²) in [7, 11) is 1.79. The number of hydrogen-bond acceptors (Lipinski definition) is 6. The fourth-order valence-corrected chi connectivity index (χ4v) is 2.52. The Morgan fingerprint density at radius 2 is 2.14 bits per heavy atom. The van der Waals surface area contributed by atoms with Crippen LogP contribution in [0.25, 0.3) is 11.0 Å². The quantitative estimate of drug-likeness (QED) is 0.857. The van der Waals surface area contributed by atoms with Gasteiger partial charge >= 0.3 is 5.97 Å². The van der Waals surface area contributed by atoms with E-state index >= 15 is 0 Å². The Morgan fingerprint density at radius 3 is 2.81 bits per heavy atom. The first-order valence-corrected chi connectivity index (χ1v) is 6.73. The van der Waals surface area contributed by atoms with E-state index in [9.17, 15) is 9.90 Å². The number of fused-ring (bicyclic) bond motifs is 1. The number of morpholine rings is 1. The molecule has 0 radical (unpaired) electrons. The number of carboxylic acid groups (broad SMARTS) is 1. The number of aromatic nitrogens is 3. The Kier molecular flexibility index (Phi) is 3.48. The van der Waals surface area contributed by atoms with Crippen molar-refractivity contribution in [2.45, 2.75) is 6.92 Å². The number of pyridine rings is 1. The van der Waals surface area contributed by atoms with E-state index in [1.165, 1.54) is 6.20 Å². The Hall–Kier alpha value is -2.19. The molecule has 8 nitrogen and oxygen atoms in total. The van der Waals surface area contributed by atoms with Gasteiger partial charge in [-0.3, -0.25) is 4.68 Å². The number of rotatable bonds is 3. The van der Waals surface area contributed by atoms with Gasteiger partial charge in [0.05, 0.1) is 30.0 Å². The van der Waals surface area contributed by atoms with Crippen molar-refractivity contribution in [3.63, 3.8) is 0 Å². The number of carbonyl (C=O) groups is 1. The van der Waals surface area contributed by atoms with E-state index < -0.39 is 5.97 Å². The zero-order valence-corrected chi connectivity index (χ0v) is 12.0. The van der Waals surface area contributed by atoms with Gasteiger partial charge in [-0.1, -0.05) is 0 Å². The highest BCUT2D eigenvalue weighted by molar-refractivity contribution is 6.04. The van der Waals surface area contributed by atoms with Crippen molar-refractivity contribution in [2.24, 2.45) is 7.05 Å². The summed E-state index contributed by atoms with van der Waals surface area (Å²) in [6, 6.07) is 0. The maximum atomic E-state index is 11.5. The number of aryl methyl sites for hydroxylation is 2.